The summed E-state index contributed by atoms with van der Waals surface area (Å²) in [7, 11) is 0. The molecule has 0 aliphatic heterocycles. The Hall–Kier alpha value is -3.10. The lowest BCUT2D eigenvalue weighted by molar-refractivity contribution is 0.143. The van der Waals surface area contributed by atoms with Gasteiger partial charge in [0.2, 0.25) is 0 Å². The van der Waals surface area contributed by atoms with Crippen LogP contribution in [0.1, 0.15) is 29.0 Å². The zero-order chi connectivity index (χ0) is 20.1. The first-order valence-corrected chi connectivity index (χ1v) is 10.2. The number of carbonyl (C=O) groups is 1. The molecule has 0 unspecified atom stereocenters. The van der Waals surface area contributed by atoms with Crippen LogP contribution in [0.4, 0.5) is 4.79 Å². The largest absolute Gasteiger partial charge is 0.449 e. The molecule has 1 heterocycles. The lowest BCUT2D eigenvalue weighted by Crippen LogP contribution is -2.26. The second kappa shape index (κ2) is 8.93. The smallest absolute Gasteiger partial charge is 0.407 e. The summed E-state index contributed by atoms with van der Waals surface area (Å²) in [5.41, 5.74) is 5.69. The number of nitrogens with zero attached hydrogens (tertiary/aromatic N) is 1. The average Bonchev–Trinajstić information content (AvgIpc) is 3.07. The van der Waals surface area contributed by atoms with Gasteiger partial charge in [-0.05, 0) is 50.3 Å². The Balaban J connectivity index is 1.29. The first-order chi connectivity index (χ1) is 14.2. The molecule has 1 aliphatic carbocycles. The van der Waals surface area contributed by atoms with Gasteiger partial charge in [0, 0.05) is 30.6 Å². The molecule has 0 radical (unpaired) electrons. The molecule has 1 N–H and O–H groups in total. The molecule has 0 spiro atoms. The van der Waals surface area contributed by atoms with E-state index in [2.05, 4.69) is 62.3 Å². The third-order valence-electron chi connectivity index (χ3n) is 4.82. The highest BCUT2D eigenvalue weighted by Crippen LogP contribution is 2.44. The van der Waals surface area contributed by atoms with Crippen molar-refractivity contribution >= 4 is 22.0 Å². The van der Waals surface area contributed by atoms with Crippen LogP contribution in [-0.4, -0.2) is 24.2 Å². The normalized spacial score (nSPS) is 11.8. The number of carbonyl (C=O) groups excluding carboxylic acids is 1. The molecule has 1 amide bonds. The number of nitrogens with one attached hydrogen (secondary N) is 1. The van der Waals surface area contributed by atoms with Crippen LogP contribution in [0.5, 0.6) is 0 Å². The van der Waals surface area contributed by atoms with Gasteiger partial charge in [-0.25, -0.2) is 9.78 Å². The van der Waals surface area contributed by atoms with Crippen LogP contribution in [0.15, 0.2) is 71.5 Å². The molecule has 0 bridgehead atoms. The molecule has 5 heteroatoms. The van der Waals surface area contributed by atoms with E-state index < -0.39 is 6.09 Å². The van der Waals surface area contributed by atoms with Gasteiger partial charge < -0.3 is 10.1 Å². The number of aromatic nitrogens is 1. The highest BCUT2D eigenvalue weighted by atomic mass is 79.9. The zero-order valence-corrected chi connectivity index (χ0v) is 17.3. The summed E-state index contributed by atoms with van der Waals surface area (Å²) in [5, 5.41) is 2.76. The maximum atomic E-state index is 12.1. The fourth-order valence-corrected chi connectivity index (χ4v) is 3.73. The number of pyridine rings is 1. The van der Waals surface area contributed by atoms with E-state index in [0.29, 0.717) is 19.6 Å². The molecule has 3 aromatic rings. The Labute approximate surface area is 178 Å². The zero-order valence-electron chi connectivity index (χ0n) is 15.7. The summed E-state index contributed by atoms with van der Waals surface area (Å²) < 4.78 is 6.28. The summed E-state index contributed by atoms with van der Waals surface area (Å²) in [4.78, 5) is 16.2. The number of hydrogen-bond acceptors (Lipinski definition) is 3. The van der Waals surface area contributed by atoms with Crippen molar-refractivity contribution in [2.75, 3.05) is 13.2 Å². The minimum absolute atomic E-state index is 0.0675. The average molecular weight is 447 g/mol. The molecule has 0 saturated carbocycles. The van der Waals surface area contributed by atoms with E-state index in [1.807, 2.05) is 36.4 Å². The predicted octanol–water partition coefficient (Wildman–Crippen LogP) is 5.12. The number of fused-ring (bicyclic) bond motifs is 3. The van der Waals surface area contributed by atoms with E-state index in [1.54, 1.807) is 6.20 Å². The van der Waals surface area contributed by atoms with E-state index in [0.717, 1.165) is 10.2 Å². The van der Waals surface area contributed by atoms with Gasteiger partial charge in [-0.1, -0.05) is 60.4 Å². The number of rotatable bonds is 4. The molecule has 0 atom stereocenters. The number of alkyl carbamates (subject to hydrolysis) is 1. The Kier molecular flexibility index (Phi) is 5.92. The third-order valence-corrected chi connectivity index (χ3v) is 5.29. The van der Waals surface area contributed by atoms with Crippen LogP contribution in [0.3, 0.4) is 0 Å². The lowest BCUT2D eigenvalue weighted by Gasteiger charge is -2.14. The number of benzene rings is 2. The second-order valence-corrected chi connectivity index (χ2v) is 7.49. The summed E-state index contributed by atoms with van der Waals surface area (Å²) >= 11 is 3.29. The molecule has 1 aliphatic rings. The summed E-state index contributed by atoms with van der Waals surface area (Å²) in [5.74, 6) is 6.11. The van der Waals surface area contributed by atoms with Gasteiger partial charge in [-0.2, -0.15) is 0 Å². The molecular formula is C24H19BrN2O2. The Morgan fingerprint density at radius 2 is 1.72 bits per heavy atom. The van der Waals surface area contributed by atoms with Crippen LogP contribution in [0.25, 0.3) is 11.1 Å². The Morgan fingerprint density at radius 3 is 2.38 bits per heavy atom. The van der Waals surface area contributed by atoms with Crippen molar-refractivity contribution < 1.29 is 9.53 Å². The van der Waals surface area contributed by atoms with Gasteiger partial charge >= 0.3 is 6.09 Å². The van der Waals surface area contributed by atoms with E-state index in [9.17, 15) is 4.79 Å². The number of halogens is 1. The first kappa shape index (κ1) is 19.2. The molecular weight excluding hydrogens is 428 g/mol. The first-order valence-electron chi connectivity index (χ1n) is 9.41. The minimum atomic E-state index is -0.418. The molecule has 4 rings (SSSR count). The molecule has 0 saturated heterocycles. The van der Waals surface area contributed by atoms with Gasteiger partial charge in [-0.3, -0.25) is 0 Å². The van der Waals surface area contributed by atoms with Gasteiger partial charge in [0.15, 0.2) is 0 Å². The highest BCUT2D eigenvalue weighted by Gasteiger charge is 2.28. The molecule has 29 heavy (non-hydrogen) atoms. The number of hydrogen-bond donors (Lipinski definition) is 1. The SMILES string of the molecule is O=C(NCCC#Cc1ccc(Br)nc1)OCC1c2ccccc2-c2ccccc21. The van der Waals surface area contributed by atoms with Crippen LogP contribution in [0, 0.1) is 11.8 Å². The van der Waals surface area contributed by atoms with Crippen molar-refractivity contribution in [2.24, 2.45) is 0 Å². The van der Waals surface area contributed by atoms with Crippen LogP contribution >= 0.6 is 15.9 Å². The number of ether oxygens (including phenoxy) is 1. The van der Waals surface area contributed by atoms with Crippen molar-refractivity contribution in [3.8, 4) is 23.0 Å². The Bertz CT molecular complexity index is 1040. The standard InChI is InChI=1S/C24H19BrN2O2/c25-23-13-12-17(15-27-23)7-5-6-14-26-24(28)29-16-22-20-10-3-1-8-18(20)19-9-2-4-11-21(19)22/h1-4,8-13,15,22H,6,14,16H2,(H,26,28). The van der Waals surface area contributed by atoms with Crippen molar-refractivity contribution in [3.63, 3.8) is 0 Å². The molecule has 144 valence electrons. The second-order valence-electron chi connectivity index (χ2n) is 6.67. The maximum Gasteiger partial charge on any atom is 0.407 e. The van der Waals surface area contributed by atoms with E-state index >= 15 is 0 Å². The quantitative estimate of drug-likeness (QED) is 0.343. The van der Waals surface area contributed by atoms with Gasteiger partial charge in [0.05, 0.1) is 0 Å². The highest BCUT2D eigenvalue weighted by molar-refractivity contribution is 9.10. The predicted molar refractivity (Wildman–Crippen MR) is 117 cm³/mol. The van der Waals surface area contributed by atoms with E-state index in [1.165, 1.54) is 22.3 Å². The molecule has 1 aromatic heterocycles. The third kappa shape index (κ3) is 4.49. The molecule has 2 aromatic carbocycles. The van der Waals surface area contributed by atoms with Crippen molar-refractivity contribution in [2.45, 2.75) is 12.3 Å². The minimum Gasteiger partial charge on any atom is -0.449 e. The topological polar surface area (TPSA) is 51.2 Å². The van der Waals surface area contributed by atoms with Gasteiger partial charge in [0.25, 0.3) is 0 Å². The van der Waals surface area contributed by atoms with Gasteiger partial charge in [0.1, 0.15) is 11.2 Å². The Morgan fingerprint density at radius 1 is 1.03 bits per heavy atom. The molecule has 0 fully saturated rings. The fraction of sp³-hybridized carbons (Fsp3) is 0.167. The monoisotopic (exact) mass is 446 g/mol. The van der Waals surface area contributed by atoms with Crippen LogP contribution in [-0.2, 0) is 4.74 Å². The summed E-state index contributed by atoms with van der Waals surface area (Å²) in [6.45, 7) is 0.754. The van der Waals surface area contributed by atoms with Crippen molar-refractivity contribution in [1.82, 2.24) is 10.3 Å². The van der Waals surface area contributed by atoms with Gasteiger partial charge in [-0.15, -0.1) is 0 Å². The molecule has 4 nitrogen and oxygen atoms in total. The lowest BCUT2D eigenvalue weighted by atomic mass is 9.98. The maximum absolute atomic E-state index is 12.1. The van der Waals surface area contributed by atoms with Crippen LogP contribution < -0.4 is 5.32 Å². The van der Waals surface area contributed by atoms with Crippen molar-refractivity contribution in [3.05, 3.63) is 88.2 Å². The van der Waals surface area contributed by atoms with Crippen molar-refractivity contribution in [1.29, 1.82) is 0 Å². The number of amides is 1. The summed E-state index contributed by atoms with van der Waals surface area (Å²) in [6, 6.07) is 20.3. The van der Waals surface area contributed by atoms with Crippen LogP contribution in [0.2, 0.25) is 0 Å². The van der Waals surface area contributed by atoms with E-state index in [4.69, 9.17) is 4.74 Å². The van der Waals surface area contributed by atoms with E-state index in [-0.39, 0.29) is 5.92 Å². The fourth-order valence-electron chi connectivity index (χ4n) is 3.49. The summed E-state index contributed by atoms with van der Waals surface area (Å²) in [6.07, 6.45) is 1.83.